The molecule has 31 heavy (non-hydrogen) atoms. The van der Waals surface area contributed by atoms with E-state index in [9.17, 15) is 4.79 Å². The second kappa shape index (κ2) is 8.51. The van der Waals surface area contributed by atoms with Crippen LogP contribution in [-0.2, 0) is 0 Å². The molecule has 0 aliphatic heterocycles. The summed E-state index contributed by atoms with van der Waals surface area (Å²) in [5.41, 5.74) is 3.39. The number of halogens is 1. The van der Waals surface area contributed by atoms with E-state index in [1.54, 1.807) is 0 Å². The van der Waals surface area contributed by atoms with Gasteiger partial charge in [0.05, 0.1) is 0 Å². The Morgan fingerprint density at radius 1 is 1.19 bits per heavy atom. The Balaban J connectivity index is 1.78. The predicted octanol–water partition coefficient (Wildman–Crippen LogP) is 6.62. The molecule has 5 heteroatoms. The quantitative estimate of drug-likeness (QED) is 0.453. The van der Waals surface area contributed by atoms with E-state index < -0.39 is 0 Å². The van der Waals surface area contributed by atoms with Crippen molar-refractivity contribution in [3.8, 4) is 16.8 Å². The third-order valence-corrected chi connectivity index (χ3v) is 6.64. The number of hydrogen-bond acceptors (Lipinski definition) is 2. The Labute approximate surface area is 189 Å². The van der Waals surface area contributed by atoms with E-state index in [0.29, 0.717) is 22.4 Å². The SMILES string of the molecule is CCC(C)c1nccn1-c1cc(C(=O)NC(C)(C)C2CC2)cc(-c2ccc(Cl)cc2)c1. The highest BCUT2D eigenvalue weighted by Crippen LogP contribution is 2.39. The highest BCUT2D eigenvalue weighted by molar-refractivity contribution is 6.30. The first-order valence-corrected chi connectivity index (χ1v) is 11.4. The lowest BCUT2D eigenvalue weighted by Crippen LogP contribution is -2.45. The molecule has 1 N–H and O–H groups in total. The van der Waals surface area contributed by atoms with Crippen molar-refractivity contribution in [2.24, 2.45) is 5.92 Å². The first-order chi connectivity index (χ1) is 14.8. The third kappa shape index (κ3) is 4.69. The topological polar surface area (TPSA) is 46.9 Å². The minimum atomic E-state index is -0.204. The Kier molecular flexibility index (Phi) is 5.94. The summed E-state index contributed by atoms with van der Waals surface area (Å²) in [6.45, 7) is 8.56. The van der Waals surface area contributed by atoms with Gasteiger partial charge < -0.3 is 9.88 Å². The first-order valence-electron chi connectivity index (χ1n) is 11.1. The number of nitrogens with zero attached hydrogens (tertiary/aromatic N) is 2. The summed E-state index contributed by atoms with van der Waals surface area (Å²) in [6, 6.07) is 13.8. The van der Waals surface area contributed by atoms with Crippen LogP contribution in [-0.4, -0.2) is 21.0 Å². The monoisotopic (exact) mass is 435 g/mol. The molecule has 1 amide bonds. The normalized spacial score (nSPS) is 15.0. The molecule has 4 nitrogen and oxygen atoms in total. The minimum Gasteiger partial charge on any atom is -0.347 e. The van der Waals surface area contributed by atoms with Crippen LogP contribution in [0.3, 0.4) is 0 Å². The van der Waals surface area contributed by atoms with Gasteiger partial charge in [-0.05, 0) is 80.5 Å². The Morgan fingerprint density at radius 3 is 2.55 bits per heavy atom. The molecule has 1 heterocycles. The number of aromatic nitrogens is 2. The third-order valence-electron chi connectivity index (χ3n) is 6.39. The molecule has 0 spiro atoms. The van der Waals surface area contributed by atoms with Crippen molar-refractivity contribution < 1.29 is 4.79 Å². The van der Waals surface area contributed by atoms with Crippen LogP contribution >= 0.6 is 11.6 Å². The number of hydrogen-bond donors (Lipinski definition) is 1. The van der Waals surface area contributed by atoms with E-state index in [-0.39, 0.29) is 11.4 Å². The van der Waals surface area contributed by atoms with E-state index in [2.05, 4.69) is 48.6 Å². The summed E-state index contributed by atoms with van der Waals surface area (Å²) in [6.07, 6.45) is 7.15. The number of amides is 1. The maximum absolute atomic E-state index is 13.3. The molecule has 1 unspecified atom stereocenters. The van der Waals surface area contributed by atoms with E-state index >= 15 is 0 Å². The van der Waals surface area contributed by atoms with Crippen molar-refractivity contribution in [1.29, 1.82) is 0 Å². The molecule has 2 aromatic carbocycles. The molecule has 0 saturated heterocycles. The van der Waals surface area contributed by atoms with Crippen LogP contribution in [0.5, 0.6) is 0 Å². The van der Waals surface area contributed by atoms with Gasteiger partial charge in [-0.2, -0.15) is 0 Å². The van der Waals surface area contributed by atoms with Crippen molar-refractivity contribution in [3.05, 3.63) is 71.3 Å². The molecule has 1 saturated carbocycles. The van der Waals surface area contributed by atoms with E-state index in [0.717, 1.165) is 29.1 Å². The fourth-order valence-corrected chi connectivity index (χ4v) is 4.17. The lowest BCUT2D eigenvalue weighted by atomic mass is 9.97. The number of rotatable bonds is 7. The fourth-order valence-electron chi connectivity index (χ4n) is 4.04. The first kappa shape index (κ1) is 21.6. The number of carbonyl (C=O) groups is 1. The largest absolute Gasteiger partial charge is 0.347 e. The van der Waals surface area contributed by atoms with Gasteiger partial charge in [-0.1, -0.05) is 37.6 Å². The fraction of sp³-hybridized carbons (Fsp3) is 0.385. The van der Waals surface area contributed by atoms with Crippen LogP contribution in [0.1, 0.15) is 69.1 Å². The van der Waals surface area contributed by atoms with Crippen molar-refractivity contribution in [3.63, 3.8) is 0 Å². The summed E-state index contributed by atoms with van der Waals surface area (Å²) < 4.78 is 2.09. The standard InChI is InChI=1S/C26H30ClN3O/c1-5-17(2)24-28-12-13-30(24)23-15-19(18-6-10-22(27)11-7-18)14-20(16-23)25(31)29-26(3,4)21-8-9-21/h6-7,10-17,21H,5,8-9H2,1-4H3,(H,29,31). The van der Waals surface area contributed by atoms with Gasteiger partial charge in [-0.15, -0.1) is 0 Å². The van der Waals surface area contributed by atoms with Gasteiger partial charge in [-0.25, -0.2) is 4.98 Å². The molecule has 0 radical (unpaired) electrons. The molecule has 0 bridgehead atoms. The smallest absolute Gasteiger partial charge is 0.251 e. The molecule has 3 aromatic rings. The predicted molar refractivity (Wildman–Crippen MR) is 127 cm³/mol. The Morgan fingerprint density at radius 2 is 1.90 bits per heavy atom. The zero-order chi connectivity index (χ0) is 22.2. The number of imidazole rings is 1. The van der Waals surface area contributed by atoms with Gasteiger partial charge in [-0.3, -0.25) is 4.79 Å². The molecule has 1 aliphatic carbocycles. The average Bonchev–Trinajstić information content (AvgIpc) is 3.51. The zero-order valence-electron chi connectivity index (χ0n) is 18.7. The molecular weight excluding hydrogens is 406 g/mol. The second-order valence-corrected chi connectivity index (χ2v) is 9.63. The van der Waals surface area contributed by atoms with Crippen LogP contribution in [0.15, 0.2) is 54.9 Å². The van der Waals surface area contributed by atoms with E-state index in [1.807, 2.05) is 48.8 Å². The highest BCUT2D eigenvalue weighted by Gasteiger charge is 2.38. The molecule has 1 aliphatic rings. The van der Waals surface area contributed by atoms with Crippen molar-refractivity contribution >= 4 is 17.5 Å². The second-order valence-electron chi connectivity index (χ2n) is 9.19. The summed E-state index contributed by atoms with van der Waals surface area (Å²) in [7, 11) is 0. The van der Waals surface area contributed by atoms with E-state index in [4.69, 9.17) is 11.6 Å². The van der Waals surface area contributed by atoms with Gasteiger partial charge >= 0.3 is 0 Å². The van der Waals surface area contributed by atoms with Gasteiger partial charge in [0.25, 0.3) is 5.91 Å². The van der Waals surface area contributed by atoms with Gasteiger partial charge in [0, 0.05) is 40.1 Å². The molecule has 4 rings (SSSR count). The van der Waals surface area contributed by atoms with Crippen LogP contribution in [0, 0.1) is 5.92 Å². The van der Waals surface area contributed by atoms with Gasteiger partial charge in [0.2, 0.25) is 0 Å². The van der Waals surface area contributed by atoms with Crippen molar-refractivity contribution in [1.82, 2.24) is 14.9 Å². The van der Waals surface area contributed by atoms with Crippen molar-refractivity contribution in [2.45, 2.75) is 58.4 Å². The molecule has 1 atom stereocenters. The summed E-state index contributed by atoms with van der Waals surface area (Å²) in [4.78, 5) is 17.9. The van der Waals surface area contributed by atoms with Crippen LogP contribution in [0.25, 0.3) is 16.8 Å². The maximum Gasteiger partial charge on any atom is 0.251 e. The van der Waals surface area contributed by atoms with E-state index in [1.165, 1.54) is 12.8 Å². The lowest BCUT2D eigenvalue weighted by Gasteiger charge is -2.26. The Bertz CT molecular complexity index is 1080. The van der Waals surface area contributed by atoms with Gasteiger partial charge in [0.1, 0.15) is 5.82 Å². The van der Waals surface area contributed by atoms with Crippen LogP contribution < -0.4 is 5.32 Å². The van der Waals surface area contributed by atoms with Crippen LogP contribution in [0.2, 0.25) is 5.02 Å². The molecular formula is C26H30ClN3O. The summed E-state index contributed by atoms with van der Waals surface area (Å²) in [5, 5.41) is 3.95. The molecule has 1 fully saturated rings. The maximum atomic E-state index is 13.3. The number of nitrogens with one attached hydrogen (secondary N) is 1. The molecule has 162 valence electrons. The highest BCUT2D eigenvalue weighted by atomic mass is 35.5. The number of carbonyl (C=O) groups excluding carboxylic acids is 1. The van der Waals surface area contributed by atoms with Gasteiger partial charge in [0.15, 0.2) is 0 Å². The summed E-state index contributed by atoms with van der Waals surface area (Å²) in [5.74, 6) is 1.83. The number of benzene rings is 2. The Hall–Kier alpha value is -2.59. The minimum absolute atomic E-state index is 0.0424. The summed E-state index contributed by atoms with van der Waals surface area (Å²) >= 11 is 6.10. The average molecular weight is 436 g/mol. The lowest BCUT2D eigenvalue weighted by molar-refractivity contribution is 0.0903. The zero-order valence-corrected chi connectivity index (χ0v) is 19.4. The van der Waals surface area contributed by atoms with Crippen LogP contribution in [0.4, 0.5) is 0 Å². The molecule has 1 aromatic heterocycles. The van der Waals surface area contributed by atoms with Crippen molar-refractivity contribution in [2.75, 3.05) is 0 Å².